The summed E-state index contributed by atoms with van der Waals surface area (Å²) in [5, 5.41) is 6.48. The fourth-order valence-electron chi connectivity index (χ4n) is 3.40. The van der Waals surface area contributed by atoms with Gasteiger partial charge in [0.1, 0.15) is 5.82 Å². The first kappa shape index (κ1) is 19.9. The van der Waals surface area contributed by atoms with E-state index in [9.17, 15) is 4.79 Å². The van der Waals surface area contributed by atoms with Crippen molar-refractivity contribution in [2.75, 3.05) is 30.9 Å². The van der Waals surface area contributed by atoms with E-state index in [1.165, 1.54) is 0 Å². The number of amides is 1. The molecule has 0 spiro atoms. The molecular formula is C22H29N5O. The van der Waals surface area contributed by atoms with Crippen molar-refractivity contribution in [3.63, 3.8) is 0 Å². The second-order valence-electron chi connectivity index (χ2n) is 7.48. The summed E-state index contributed by atoms with van der Waals surface area (Å²) in [6.07, 6.45) is 9.55. The van der Waals surface area contributed by atoms with Crippen LogP contribution in [0.3, 0.4) is 0 Å². The van der Waals surface area contributed by atoms with E-state index in [0.717, 1.165) is 43.6 Å². The maximum atomic E-state index is 12.0. The van der Waals surface area contributed by atoms with E-state index in [0.29, 0.717) is 17.9 Å². The summed E-state index contributed by atoms with van der Waals surface area (Å²) in [5.74, 6) is 2.09. The molecule has 6 heteroatoms. The van der Waals surface area contributed by atoms with Gasteiger partial charge in [0.25, 0.3) is 0 Å². The standard InChI is InChI=1S/C22H29N5O/c1-27(2)20-14-15-23-22(26-20)25-19-11-8-18(9-12-19)16-24-21(28)13-10-17-6-4-3-5-7-17/h3-7,10,13-15,18-19H,8-9,11-12,16H2,1-2H3,(H,24,28)(H,23,25,26)/b13-10+/t18-,19+. The van der Waals surface area contributed by atoms with Crippen molar-refractivity contribution in [1.82, 2.24) is 15.3 Å². The molecule has 1 aliphatic carbocycles. The molecule has 2 aromatic rings. The lowest BCUT2D eigenvalue weighted by molar-refractivity contribution is -0.116. The van der Waals surface area contributed by atoms with E-state index in [1.54, 1.807) is 12.3 Å². The molecule has 3 rings (SSSR count). The number of nitrogens with one attached hydrogen (secondary N) is 2. The molecule has 0 bridgehead atoms. The molecule has 1 amide bonds. The van der Waals surface area contributed by atoms with Crippen molar-refractivity contribution in [3.05, 3.63) is 54.2 Å². The number of rotatable bonds is 7. The Bertz CT molecular complexity index is 783. The Morgan fingerprint density at radius 1 is 1.14 bits per heavy atom. The Labute approximate surface area is 167 Å². The molecule has 1 heterocycles. The predicted molar refractivity (Wildman–Crippen MR) is 114 cm³/mol. The van der Waals surface area contributed by atoms with E-state index in [1.807, 2.05) is 61.5 Å². The van der Waals surface area contributed by atoms with E-state index >= 15 is 0 Å². The molecule has 1 fully saturated rings. The topological polar surface area (TPSA) is 70.2 Å². The van der Waals surface area contributed by atoms with E-state index in [4.69, 9.17) is 0 Å². The number of aromatic nitrogens is 2. The molecule has 6 nitrogen and oxygen atoms in total. The lowest BCUT2D eigenvalue weighted by atomic mass is 9.86. The fourth-order valence-corrected chi connectivity index (χ4v) is 3.40. The maximum Gasteiger partial charge on any atom is 0.244 e. The zero-order chi connectivity index (χ0) is 19.8. The first-order valence-corrected chi connectivity index (χ1v) is 9.88. The van der Waals surface area contributed by atoms with Gasteiger partial charge in [0.2, 0.25) is 11.9 Å². The van der Waals surface area contributed by atoms with Gasteiger partial charge in [-0.25, -0.2) is 4.98 Å². The number of benzene rings is 1. The summed E-state index contributed by atoms with van der Waals surface area (Å²) in [5.41, 5.74) is 1.03. The Kier molecular flexibility index (Phi) is 7.00. The summed E-state index contributed by atoms with van der Waals surface area (Å²) in [4.78, 5) is 22.8. The first-order valence-electron chi connectivity index (χ1n) is 9.88. The van der Waals surface area contributed by atoms with Crippen LogP contribution in [0.2, 0.25) is 0 Å². The first-order chi connectivity index (χ1) is 13.6. The van der Waals surface area contributed by atoms with Crippen molar-refractivity contribution in [1.29, 1.82) is 0 Å². The minimum absolute atomic E-state index is 0.0296. The lowest BCUT2D eigenvalue weighted by Gasteiger charge is -2.29. The summed E-state index contributed by atoms with van der Waals surface area (Å²) in [6.45, 7) is 0.733. The zero-order valence-electron chi connectivity index (χ0n) is 16.6. The van der Waals surface area contributed by atoms with Crippen LogP contribution in [0.15, 0.2) is 48.7 Å². The van der Waals surface area contributed by atoms with Crippen LogP contribution in [0.25, 0.3) is 6.08 Å². The monoisotopic (exact) mass is 379 g/mol. The number of nitrogens with zero attached hydrogens (tertiary/aromatic N) is 3. The molecule has 1 saturated carbocycles. The average Bonchev–Trinajstić information content (AvgIpc) is 2.72. The SMILES string of the molecule is CN(C)c1ccnc(N[C@H]2CC[C@@H](CNC(=O)/C=C/c3ccccc3)CC2)n1. The maximum absolute atomic E-state index is 12.0. The number of anilines is 2. The van der Waals surface area contributed by atoms with Gasteiger partial charge in [0.15, 0.2) is 0 Å². The summed E-state index contributed by atoms with van der Waals surface area (Å²) in [7, 11) is 3.95. The fraction of sp³-hybridized carbons (Fsp3) is 0.409. The highest BCUT2D eigenvalue weighted by atomic mass is 16.1. The van der Waals surface area contributed by atoms with Gasteiger partial charge in [-0.05, 0) is 49.3 Å². The zero-order valence-corrected chi connectivity index (χ0v) is 16.6. The van der Waals surface area contributed by atoms with Crippen LogP contribution in [0.5, 0.6) is 0 Å². The molecule has 2 N–H and O–H groups in total. The normalized spacial score (nSPS) is 19.4. The highest BCUT2D eigenvalue weighted by molar-refractivity contribution is 5.91. The summed E-state index contributed by atoms with van der Waals surface area (Å²) in [6, 6.07) is 12.1. The molecule has 0 atom stereocenters. The largest absolute Gasteiger partial charge is 0.363 e. The van der Waals surface area contributed by atoms with Gasteiger partial charge >= 0.3 is 0 Å². The Hall–Kier alpha value is -2.89. The molecule has 1 aromatic carbocycles. The second kappa shape index (κ2) is 9.88. The third-order valence-corrected chi connectivity index (χ3v) is 5.07. The van der Waals surface area contributed by atoms with Crippen molar-refractivity contribution in [2.24, 2.45) is 5.92 Å². The van der Waals surface area contributed by atoms with Gasteiger partial charge in [-0.3, -0.25) is 4.79 Å². The van der Waals surface area contributed by atoms with Gasteiger partial charge < -0.3 is 15.5 Å². The van der Waals surface area contributed by atoms with Crippen molar-refractivity contribution < 1.29 is 4.79 Å². The predicted octanol–water partition coefficient (Wildman–Crippen LogP) is 3.34. The molecule has 0 unspecified atom stereocenters. The minimum atomic E-state index is -0.0296. The van der Waals surface area contributed by atoms with Crippen molar-refractivity contribution >= 4 is 23.7 Å². The summed E-state index contributed by atoms with van der Waals surface area (Å²) >= 11 is 0. The lowest BCUT2D eigenvalue weighted by Crippen LogP contribution is -2.33. The van der Waals surface area contributed by atoms with Crippen LogP contribution in [0.1, 0.15) is 31.2 Å². The average molecular weight is 380 g/mol. The van der Waals surface area contributed by atoms with Crippen LogP contribution >= 0.6 is 0 Å². The highest BCUT2D eigenvalue weighted by Gasteiger charge is 2.22. The molecule has 148 valence electrons. The molecule has 1 aromatic heterocycles. The minimum Gasteiger partial charge on any atom is -0.363 e. The molecular weight excluding hydrogens is 350 g/mol. The van der Waals surface area contributed by atoms with Crippen LogP contribution < -0.4 is 15.5 Å². The number of hydrogen-bond donors (Lipinski definition) is 2. The van der Waals surface area contributed by atoms with Crippen LogP contribution in [-0.4, -0.2) is 42.6 Å². The van der Waals surface area contributed by atoms with Gasteiger partial charge in [-0.2, -0.15) is 4.98 Å². The molecule has 0 radical (unpaired) electrons. The Morgan fingerprint density at radius 3 is 2.61 bits per heavy atom. The van der Waals surface area contributed by atoms with Crippen molar-refractivity contribution in [3.8, 4) is 0 Å². The van der Waals surface area contributed by atoms with Gasteiger partial charge in [0, 0.05) is 39.0 Å². The second-order valence-corrected chi connectivity index (χ2v) is 7.48. The van der Waals surface area contributed by atoms with Gasteiger partial charge in [0.05, 0.1) is 0 Å². The van der Waals surface area contributed by atoms with Gasteiger partial charge in [-0.15, -0.1) is 0 Å². The van der Waals surface area contributed by atoms with Gasteiger partial charge in [-0.1, -0.05) is 30.3 Å². The molecule has 0 aliphatic heterocycles. The third-order valence-electron chi connectivity index (χ3n) is 5.07. The van der Waals surface area contributed by atoms with Crippen LogP contribution in [0.4, 0.5) is 11.8 Å². The Balaban J connectivity index is 1.39. The van der Waals surface area contributed by atoms with E-state index in [2.05, 4.69) is 20.6 Å². The van der Waals surface area contributed by atoms with E-state index < -0.39 is 0 Å². The molecule has 1 aliphatic rings. The quantitative estimate of drug-likeness (QED) is 0.722. The smallest absolute Gasteiger partial charge is 0.244 e. The van der Waals surface area contributed by atoms with Crippen molar-refractivity contribution in [2.45, 2.75) is 31.7 Å². The number of carbonyl (C=O) groups excluding carboxylic acids is 1. The number of hydrogen-bond acceptors (Lipinski definition) is 5. The molecule has 28 heavy (non-hydrogen) atoms. The Morgan fingerprint density at radius 2 is 1.89 bits per heavy atom. The van der Waals surface area contributed by atoms with Crippen LogP contribution in [-0.2, 0) is 4.79 Å². The summed E-state index contributed by atoms with van der Waals surface area (Å²) < 4.78 is 0. The van der Waals surface area contributed by atoms with E-state index in [-0.39, 0.29) is 5.91 Å². The highest BCUT2D eigenvalue weighted by Crippen LogP contribution is 2.25. The number of carbonyl (C=O) groups is 1. The van der Waals surface area contributed by atoms with Crippen LogP contribution in [0, 0.1) is 5.92 Å². The third kappa shape index (κ3) is 6.08. The molecule has 0 saturated heterocycles.